The molecule has 0 radical (unpaired) electrons. The molecule has 0 unspecified atom stereocenters. The number of hydrogen-bond acceptors (Lipinski definition) is 3. The summed E-state index contributed by atoms with van der Waals surface area (Å²) < 4.78 is 0. The standard InChI is InChI=1S/C28H21N3Si/c1-32(23-14-20-8-2-5-11-26(20)29-17-23,24-15-21-9-3-6-12-27(21)30-18-24)25-16-22-10-4-7-13-28(22)31-19-25/h2-19H,1H3. The van der Waals surface area contributed by atoms with Gasteiger partial charge in [0.2, 0.25) is 0 Å². The fourth-order valence-electron chi connectivity index (χ4n) is 4.53. The van der Waals surface area contributed by atoms with Crippen molar-refractivity contribution in [1.82, 2.24) is 15.0 Å². The molecule has 0 amide bonds. The minimum atomic E-state index is -2.42. The van der Waals surface area contributed by atoms with Gasteiger partial charge in [0, 0.05) is 34.7 Å². The van der Waals surface area contributed by atoms with Crippen LogP contribution in [0.15, 0.2) is 110 Å². The first-order valence-electron chi connectivity index (χ1n) is 10.8. The molecule has 3 heterocycles. The maximum atomic E-state index is 4.82. The molecule has 6 rings (SSSR count). The summed E-state index contributed by atoms with van der Waals surface area (Å²) in [5.41, 5.74) is 3.04. The minimum absolute atomic E-state index is 1.01. The third-order valence-electron chi connectivity index (χ3n) is 6.50. The van der Waals surface area contributed by atoms with E-state index >= 15 is 0 Å². The number of para-hydroxylation sites is 3. The highest BCUT2D eigenvalue weighted by molar-refractivity contribution is 7.10. The minimum Gasteiger partial charge on any atom is -0.256 e. The van der Waals surface area contributed by atoms with Crippen molar-refractivity contribution in [2.24, 2.45) is 0 Å². The Morgan fingerprint density at radius 1 is 0.469 bits per heavy atom. The summed E-state index contributed by atoms with van der Waals surface area (Å²) in [6, 6.07) is 31.8. The maximum Gasteiger partial charge on any atom is 0.151 e. The lowest BCUT2D eigenvalue weighted by Gasteiger charge is -2.29. The normalized spacial score (nSPS) is 11.9. The van der Waals surface area contributed by atoms with Crippen LogP contribution in [0, 0.1) is 0 Å². The molecule has 0 aliphatic carbocycles. The predicted octanol–water partition coefficient (Wildman–Crippen LogP) is 4.43. The summed E-state index contributed by atoms with van der Waals surface area (Å²) >= 11 is 0. The summed E-state index contributed by atoms with van der Waals surface area (Å²) in [5, 5.41) is 7.24. The number of benzene rings is 3. The number of pyridine rings is 3. The molecule has 0 spiro atoms. The molecule has 152 valence electrons. The fourth-order valence-corrected chi connectivity index (χ4v) is 7.83. The van der Waals surface area contributed by atoms with Crippen LogP contribution in [0.3, 0.4) is 0 Å². The molecule has 0 saturated carbocycles. The number of rotatable bonds is 3. The van der Waals surface area contributed by atoms with Gasteiger partial charge in [-0.2, -0.15) is 0 Å². The average Bonchev–Trinajstić information content (AvgIpc) is 2.87. The molecule has 0 N–H and O–H groups in total. The highest BCUT2D eigenvalue weighted by Crippen LogP contribution is 2.17. The van der Waals surface area contributed by atoms with Crippen LogP contribution in [0.25, 0.3) is 32.7 Å². The van der Waals surface area contributed by atoms with Gasteiger partial charge < -0.3 is 0 Å². The van der Waals surface area contributed by atoms with Crippen molar-refractivity contribution in [2.45, 2.75) is 6.55 Å². The van der Waals surface area contributed by atoms with Crippen molar-refractivity contribution in [3.05, 3.63) is 110 Å². The van der Waals surface area contributed by atoms with Gasteiger partial charge in [0.1, 0.15) is 0 Å². The maximum absolute atomic E-state index is 4.82. The van der Waals surface area contributed by atoms with E-state index in [0.29, 0.717) is 0 Å². The molecular formula is C28H21N3Si. The molecule has 0 bridgehead atoms. The average molecular weight is 428 g/mol. The van der Waals surface area contributed by atoms with E-state index in [-0.39, 0.29) is 0 Å². The molecule has 6 aromatic rings. The number of fused-ring (bicyclic) bond motifs is 3. The molecule has 3 nitrogen and oxygen atoms in total. The molecule has 0 saturated heterocycles. The van der Waals surface area contributed by atoms with Gasteiger partial charge in [-0.15, -0.1) is 0 Å². The third kappa shape index (κ3) is 3.00. The molecule has 3 aromatic heterocycles. The van der Waals surface area contributed by atoms with E-state index in [0.717, 1.165) is 32.7 Å². The summed E-state index contributed by atoms with van der Waals surface area (Å²) in [6.45, 7) is 2.39. The van der Waals surface area contributed by atoms with Crippen molar-refractivity contribution in [3.63, 3.8) is 0 Å². The summed E-state index contributed by atoms with van der Waals surface area (Å²) in [4.78, 5) is 14.5. The van der Waals surface area contributed by atoms with Gasteiger partial charge in [-0.05, 0) is 33.8 Å². The highest BCUT2D eigenvalue weighted by Gasteiger charge is 2.36. The lowest BCUT2D eigenvalue weighted by Crippen LogP contribution is -2.65. The largest absolute Gasteiger partial charge is 0.256 e. The first-order chi connectivity index (χ1) is 15.7. The van der Waals surface area contributed by atoms with Crippen LogP contribution in [0.5, 0.6) is 0 Å². The second-order valence-electron chi connectivity index (χ2n) is 8.38. The highest BCUT2D eigenvalue weighted by atomic mass is 28.3. The van der Waals surface area contributed by atoms with E-state index in [9.17, 15) is 0 Å². The molecule has 3 aromatic carbocycles. The Kier molecular flexibility index (Phi) is 4.33. The van der Waals surface area contributed by atoms with Gasteiger partial charge >= 0.3 is 0 Å². The Balaban J connectivity index is 1.65. The van der Waals surface area contributed by atoms with Crippen LogP contribution in [-0.2, 0) is 0 Å². The monoisotopic (exact) mass is 427 g/mol. The fraction of sp³-hybridized carbons (Fsp3) is 0.0357. The second-order valence-corrected chi connectivity index (χ2v) is 12.4. The van der Waals surface area contributed by atoms with Gasteiger partial charge in [0.15, 0.2) is 8.07 Å². The zero-order valence-electron chi connectivity index (χ0n) is 17.7. The molecule has 32 heavy (non-hydrogen) atoms. The molecule has 4 heteroatoms. The van der Waals surface area contributed by atoms with Crippen LogP contribution in [0.2, 0.25) is 6.55 Å². The van der Waals surface area contributed by atoms with E-state index in [1.807, 2.05) is 18.2 Å². The van der Waals surface area contributed by atoms with Crippen molar-refractivity contribution < 1.29 is 0 Å². The van der Waals surface area contributed by atoms with Gasteiger partial charge in [-0.1, -0.05) is 79.3 Å². The number of aromatic nitrogens is 3. The van der Waals surface area contributed by atoms with E-state index < -0.39 is 8.07 Å². The topological polar surface area (TPSA) is 38.7 Å². The molecule has 0 aliphatic heterocycles. The van der Waals surface area contributed by atoms with E-state index in [4.69, 9.17) is 15.0 Å². The van der Waals surface area contributed by atoms with Crippen LogP contribution in [-0.4, -0.2) is 23.0 Å². The third-order valence-corrected chi connectivity index (χ3v) is 10.8. The first kappa shape index (κ1) is 18.8. The Bertz CT molecular complexity index is 1420. The molecule has 0 aliphatic rings. The summed E-state index contributed by atoms with van der Waals surface area (Å²) in [6.07, 6.45) is 6.16. The van der Waals surface area contributed by atoms with Gasteiger partial charge in [0.25, 0.3) is 0 Å². The van der Waals surface area contributed by atoms with E-state index in [1.54, 1.807) is 0 Å². The quantitative estimate of drug-likeness (QED) is 0.392. The zero-order valence-corrected chi connectivity index (χ0v) is 18.7. The molecular weight excluding hydrogens is 406 g/mol. The predicted molar refractivity (Wildman–Crippen MR) is 136 cm³/mol. The Morgan fingerprint density at radius 2 is 0.781 bits per heavy atom. The van der Waals surface area contributed by atoms with E-state index in [2.05, 4.69) is 97.9 Å². The Labute approximate surface area is 187 Å². The van der Waals surface area contributed by atoms with E-state index in [1.165, 1.54) is 15.6 Å². The number of hydrogen-bond donors (Lipinski definition) is 0. The van der Waals surface area contributed by atoms with Crippen molar-refractivity contribution in [1.29, 1.82) is 0 Å². The van der Waals surface area contributed by atoms with Gasteiger partial charge in [-0.3, -0.25) is 15.0 Å². The van der Waals surface area contributed by atoms with Crippen molar-refractivity contribution in [2.75, 3.05) is 0 Å². The zero-order chi connectivity index (χ0) is 21.5. The molecule has 0 atom stereocenters. The van der Waals surface area contributed by atoms with Crippen LogP contribution >= 0.6 is 0 Å². The lowest BCUT2D eigenvalue weighted by molar-refractivity contribution is 1.40. The lowest BCUT2D eigenvalue weighted by atomic mass is 10.2. The summed E-state index contributed by atoms with van der Waals surface area (Å²) in [5.74, 6) is 0. The van der Waals surface area contributed by atoms with Gasteiger partial charge in [-0.25, -0.2) is 0 Å². The Morgan fingerprint density at radius 3 is 1.12 bits per heavy atom. The van der Waals surface area contributed by atoms with Crippen LogP contribution in [0.1, 0.15) is 0 Å². The van der Waals surface area contributed by atoms with Crippen molar-refractivity contribution >= 4 is 56.3 Å². The first-order valence-corrected chi connectivity index (χ1v) is 13.3. The van der Waals surface area contributed by atoms with Crippen LogP contribution in [0.4, 0.5) is 0 Å². The molecule has 0 fully saturated rings. The van der Waals surface area contributed by atoms with Gasteiger partial charge in [0.05, 0.1) is 16.6 Å². The smallest absolute Gasteiger partial charge is 0.151 e. The number of nitrogens with zero attached hydrogens (tertiary/aromatic N) is 3. The van der Waals surface area contributed by atoms with Crippen LogP contribution < -0.4 is 15.6 Å². The van der Waals surface area contributed by atoms with Crippen molar-refractivity contribution in [3.8, 4) is 0 Å². The summed E-state index contributed by atoms with van der Waals surface area (Å²) in [7, 11) is -2.42. The Hall–Kier alpha value is -3.89. The second kappa shape index (κ2) is 7.36. The SMILES string of the molecule is C[Si](c1cnc2ccccc2c1)(c1cnc2ccccc2c1)c1cnc2ccccc2c1.